The molecule has 1 spiro atoms. The number of hydrogen-bond donors (Lipinski definition) is 0. The molecule has 3 aromatic rings. The van der Waals surface area contributed by atoms with Crippen molar-refractivity contribution in [2.24, 2.45) is 10.8 Å². The van der Waals surface area contributed by atoms with Gasteiger partial charge in [0, 0.05) is 28.8 Å². The Morgan fingerprint density at radius 2 is 1.21 bits per heavy atom. The normalized spacial score (nSPS) is 15.0. The smallest absolute Gasteiger partial charge is 0.340 e. The lowest BCUT2D eigenvalue weighted by Crippen LogP contribution is -2.33. The molecule has 0 N–H and O–H groups in total. The Morgan fingerprint density at radius 1 is 0.744 bits per heavy atom. The molecule has 2 aliphatic heterocycles. The van der Waals surface area contributed by atoms with Crippen molar-refractivity contribution in [2.75, 3.05) is 0 Å². The van der Waals surface area contributed by atoms with Crippen molar-refractivity contribution in [3.63, 3.8) is 0 Å². The fourth-order valence-corrected chi connectivity index (χ4v) is 4.74. The Kier molecular flexibility index (Phi) is 6.24. The molecular weight excluding hydrogens is 543 g/mol. The van der Waals surface area contributed by atoms with Crippen LogP contribution in [0.4, 0.5) is 0 Å². The number of hydrogen-bond acceptors (Lipinski definition) is 7. The van der Waals surface area contributed by atoms with E-state index < -0.39 is 34.3 Å². The highest BCUT2D eigenvalue weighted by Gasteiger charge is 2.54. The number of rotatable bonds is 2. The maximum absolute atomic E-state index is 13.1. The Balaban J connectivity index is 1.73. The number of benzene rings is 3. The number of carbonyl (C=O) groups excluding carboxylic acids is 3. The first-order chi connectivity index (χ1) is 18.1. The summed E-state index contributed by atoms with van der Waals surface area (Å²) in [5.41, 5.74) is -1.26. The van der Waals surface area contributed by atoms with E-state index >= 15 is 0 Å². The van der Waals surface area contributed by atoms with Gasteiger partial charge in [-0.25, -0.2) is 4.79 Å². The number of ether oxygens (including phenoxy) is 4. The lowest BCUT2D eigenvalue weighted by Gasteiger charge is -2.37. The second-order valence-corrected chi connectivity index (χ2v) is 12.4. The van der Waals surface area contributed by atoms with Gasteiger partial charge in [0.25, 0.3) is 0 Å². The summed E-state index contributed by atoms with van der Waals surface area (Å²) in [6, 6.07) is 13.1. The first kappa shape index (κ1) is 27.0. The highest BCUT2D eigenvalue weighted by molar-refractivity contribution is 6.33. The highest BCUT2D eigenvalue weighted by Crippen LogP contribution is 2.58. The van der Waals surface area contributed by atoms with Gasteiger partial charge < -0.3 is 18.9 Å². The third-order valence-electron chi connectivity index (χ3n) is 6.45. The minimum Gasteiger partial charge on any atom is -0.456 e. The predicted molar refractivity (Wildman–Crippen MR) is 145 cm³/mol. The summed E-state index contributed by atoms with van der Waals surface area (Å²) in [5.74, 6) is -0.873. The van der Waals surface area contributed by atoms with Gasteiger partial charge in [-0.1, -0.05) is 41.4 Å². The van der Waals surface area contributed by atoms with Crippen LogP contribution in [-0.2, 0) is 19.9 Å². The van der Waals surface area contributed by atoms with Crippen molar-refractivity contribution in [1.29, 1.82) is 0 Å². The van der Waals surface area contributed by atoms with Crippen molar-refractivity contribution in [2.45, 2.75) is 47.1 Å². The van der Waals surface area contributed by atoms with Gasteiger partial charge in [-0.05, 0) is 59.7 Å². The zero-order valence-electron chi connectivity index (χ0n) is 22.2. The SMILES string of the molecule is CC(C)(C)C(=O)Oc1cc2c(cc1Cl)C1(OC(=O)c3ccccc31)c1cc(Cl)c(OC(=O)C(C)(C)C)cc1O2. The van der Waals surface area contributed by atoms with E-state index in [1.807, 2.05) is 0 Å². The van der Waals surface area contributed by atoms with E-state index in [2.05, 4.69) is 0 Å². The number of halogens is 2. The fourth-order valence-electron chi connectivity index (χ4n) is 4.33. The molecule has 0 aliphatic carbocycles. The highest BCUT2D eigenvalue weighted by atomic mass is 35.5. The molecule has 3 aromatic carbocycles. The summed E-state index contributed by atoms with van der Waals surface area (Å²) in [6.45, 7) is 10.3. The summed E-state index contributed by atoms with van der Waals surface area (Å²) in [7, 11) is 0. The van der Waals surface area contributed by atoms with E-state index in [0.29, 0.717) is 22.3 Å². The fraction of sp³-hybridized carbons (Fsp3) is 0.300. The van der Waals surface area contributed by atoms with Crippen LogP contribution >= 0.6 is 23.2 Å². The van der Waals surface area contributed by atoms with Crippen LogP contribution in [0.2, 0.25) is 10.0 Å². The number of esters is 3. The maximum atomic E-state index is 13.1. The summed E-state index contributed by atoms with van der Waals surface area (Å²) in [6.07, 6.45) is 0. The number of fused-ring (bicyclic) bond motifs is 6. The lowest BCUT2D eigenvalue weighted by atomic mass is 9.77. The first-order valence-electron chi connectivity index (χ1n) is 12.3. The molecule has 39 heavy (non-hydrogen) atoms. The van der Waals surface area contributed by atoms with Crippen LogP contribution < -0.4 is 14.2 Å². The molecule has 7 nitrogen and oxygen atoms in total. The van der Waals surface area contributed by atoms with Gasteiger partial charge in [0.1, 0.15) is 11.5 Å². The molecule has 0 fully saturated rings. The van der Waals surface area contributed by atoms with Gasteiger partial charge >= 0.3 is 17.9 Å². The van der Waals surface area contributed by atoms with Crippen molar-refractivity contribution >= 4 is 41.1 Å². The monoisotopic (exact) mass is 568 g/mol. The standard InChI is InChI=1S/C30H26Cl2O7/c1-28(2,3)26(34)37-23-13-21-17(11-19(23)31)30(16-10-8-7-9-15(16)25(33)39-30)18-12-20(32)24(14-22(18)36-21)38-27(35)29(4,5)6/h7-14H,1-6H3. The van der Waals surface area contributed by atoms with Crippen LogP contribution in [0.5, 0.6) is 23.0 Å². The van der Waals surface area contributed by atoms with Crippen molar-refractivity contribution in [1.82, 2.24) is 0 Å². The van der Waals surface area contributed by atoms with Gasteiger partial charge in [-0.15, -0.1) is 0 Å². The second kappa shape index (κ2) is 9.00. The quantitative estimate of drug-likeness (QED) is 0.234. The van der Waals surface area contributed by atoms with Crippen LogP contribution in [0, 0.1) is 10.8 Å². The summed E-state index contributed by atoms with van der Waals surface area (Å²) < 4.78 is 23.5. The summed E-state index contributed by atoms with van der Waals surface area (Å²) in [5, 5.41) is 0.250. The Bertz CT molecular complexity index is 1480. The van der Waals surface area contributed by atoms with Gasteiger partial charge in [-0.2, -0.15) is 0 Å². The first-order valence-corrected chi connectivity index (χ1v) is 13.0. The molecule has 0 unspecified atom stereocenters. The molecule has 9 heteroatoms. The molecule has 0 atom stereocenters. The van der Waals surface area contributed by atoms with Gasteiger partial charge in [0.2, 0.25) is 0 Å². The molecule has 0 amide bonds. The molecule has 5 rings (SSSR count). The molecule has 0 saturated carbocycles. The summed E-state index contributed by atoms with van der Waals surface area (Å²) in [4.78, 5) is 38.3. The van der Waals surface area contributed by atoms with E-state index in [0.717, 1.165) is 0 Å². The van der Waals surface area contributed by atoms with Crippen LogP contribution in [-0.4, -0.2) is 17.9 Å². The molecule has 2 heterocycles. The third-order valence-corrected chi connectivity index (χ3v) is 7.04. The van der Waals surface area contributed by atoms with Crippen molar-refractivity contribution in [3.8, 4) is 23.0 Å². The van der Waals surface area contributed by atoms with Crippen molar-refractivity contribution < 1.29 is 33.3 Å². The molecule has 0 radical (unpaired) electrons. The maximum Gasteiger partial charge on any atom is 0.340 e. The van der Waals surface area contributed by atoms with E-state index in [-0.39, 0.29) is 33.0 Å². The van der Waals surface area contributed by atoms with Crippen LogP contribution in [0.3, 0.4) is 0 Å². The molecule has 202 valence electrons. The minimum atomic E-state index is -1.47. The molecule has 2 aliphatic rings. The summed E-state index contributed by atoms with van der Waals surface area (Å²) >= 11 is 13.2. The predicted octanol–water partition coefficient (Wildman–Crippen LogP) is 7.46. The number of carbonyl (C=O) groups is 3. The Morgan fingerprint density at radius 3 is 1.67 bits per heavy atom. The van der Waals surface area contributed by atoms with E-state index in [1.165, 1.54) is 12.1 Å². The minimum absolute atomic E-state index is 0.0832. The molecule has 0 aromatic heterocycles. The third kappa shape index (κ3) is 4.43. The Labute approximate surface area is 235 Å². The van der Waals surface area contributed by atoms with E-state index in [1.54, 1.807) is 77.9 Å². The second-order valence-electron chi connectivity index (χ2n) is 11.6. The van der Waals surface area contributed by atoms with Crippen LogP contribution in [0.1, 0.15) is 68.6 Å². The van der Waals surface area contributed by atoms with Gasteiger partial charge in [0.15, 0.2) is 17.1 Å². The van der Waals surface area contributed by atoms with Crippen LogP contribution in [0.15, 0.2) is 48.5 Å². The van der Waals surface area contributed by atoms with Crippen molar-refractivity contribution in [3.05, 3.63) is 80.8 Å². The largest absolute Gasteiger partial charge is 0.456 e. The van der Waals surface area contributed by atoms with E-state index in [9.17, 15) is 14.4 Å². The zero-order valence-corrected chi connectivity index (χ0v) is 23.7. The molecule has 0 saturated heterocycles. The van der Waals surface area contributed by atoms with Gasteiger partial charge in [0.05, 0.1) is 26.4 Å². The lowest BCUT2D eigenvalue weighted by molar-refractivity contribution is -0.143. The average molecular weight is 569 g/mol. The average Bonchev–Trinajstić information content (AvgIpc) is 3.13. The Hall–Kier alpha value is -3.55. The van der Waals surface area contributed by atoms with Crippen LogP contribution in [0.25, 0.3) is 0 Å². The van der Waals surface area contributed by atoms with E-state index in [4.69, 9.17) is 42.1 Å². The zero-order chi connectivity index (χ0) is 28.5. The van der Waals surface area contributed by atoms with Gasteiger partial charge in [-0.3, -0.25) is 9.59 Å². The molecular formula is C30H26Cl2O7. The molecule has 0 bridgehead atoms. The topological polar surface area (TPSA) is 88.1 Å².